The van der Waals surface area contributed by atoms with Gasteiger partial charge in [-0.3, -0.25) is 0 Å². The lowest BCUT2D eigenvalue weighted by molar-refractivity contribution is 0.101. The van der Waals surface area contributed by atoms with Crippen molar-refractivity contribution in [3.8, 4) is 11.5 Å². The fourth-order valence-electron chi connectivity index (χ4n) is 2.29. The van der Waals surface area contributed by atoms with E-state index in [0.717, 1.165) is 37.4 Å². The number of hydrogen-bond acceptors (Lipinski definition) is 3. The Morgan fingerprint density at radius 2 is 1.70 bits per heavy atom. The Labute approximate surface area is 120 Å². The number of piperidine rings is 1. The summed E-state index contributed by atoms with van der Waals surface area (Å²) >= 11 is 0. The van der Waals surface area contributed by atoms with Crippen molar-refractivity contribution in [2.24, 2.45) is 0 Å². The average molecular weight is 278 g/mol. The zero-order valence-corrected chi connectivity index (χ0v) is 12.3. The predicted molar refractivity (Wildman–Crippen MR) is 77.3 cm³/mol. The fraction of sp³-hybridized carbons (Fsp3) is 0.533. The summed E-state index contributed by atoms with van der Waals surface area (Å²) in [6.45, 7) is 1.50. The molecule has 0 aliphatic carbocycles. The van der Waals surface area contributed by atoms with Gasteiger partial charge in [0.05, 0.1) is 7.11 Å². The van der Waals surface area contributed by atoms with Gasteiger partial charge in [-0.05, 0) is 24.3 Å². The van der Waals surface area contributed by atoms with Crippen molar-refractivity contribution < 1.29 is 14.3 Å². The first-order valence-electron chi connectivity index (χ1n) is 6.87. The van der Waals surface area contributed by atoms with Crippen molar-refractivity contribution in [1.29, 1.82) is 0 Å². The van der Waals surface area contributed by atoms with Crippen LogP contribution in [0.15, 0.2) is 24.3 Å². The normalized spacial score (nSPS) is 15.8. The van der Waals surface area contributed by atoms with Crippen molar-refractivity contribution in [2.75, 3.05) is 34.3 Å². The Bertz CT molecular complexity index is 437. The predicted octanol–water partition coefficient (Wildman–Crippen LogP) is 2.22. The average Bonchev–Trinajstić information content (AvgIpc) is 2.48. The van der Waals surface area contributed by atoms with E-state index >= 15 is 0 Å². The molecular weight excluding hydrogens is 256 g/mol. The second kappa shape index (κ2) is 6.50. The van der Waals surface area contributed by atoms with Gasteiger partial charge in [-0.25, -0.2) is 4.79 Å². The van der Waals surface area contributed by atoms with Gasteiger partial charge in [-0.15, -0.1) is 0 Å². The van der Waals surface area contributed by atoms with Gasteiger partial charge >= 0.3 is 6.03 Å². The summed E-state index contributed by atoms with van der Waals surface area (Å²) < 4.78 is 11.1. The quantitative estimate of drug-likeness (QED) is 0.851. The minimum Gasteiger partial charge on any atom is -0.497 e. The van der Waals surface area contributed by atoms with E-state index in [9.17, 15) is 4.79 Å². The standard InChI is InChI=1S/C15H22N2O3/c1-16(2)15(18)17-10-8-14(9-11-17)20-13-6-4-12(19-3)5-7-13/h4-7,14H,8-11H2,1-3H3. The number of benzene rings is 1. The Morgan fingerprint density at radius 3 is 2.20 bits per heavy atom. The third-order valence-electron chi connectivity index (χ3n) is 3.46. The molecule has 2 rings (SSSR count). The van der Waals surface area contributed by atoms with E-state index in [1.165, 1.54) is 0 Å². The summed E-state index contributed by atoms with van der Waals surface area (Å²) in [5, 5.41) is 0. The van der Waals surface area contributed by atoms with Crippen molar-refractivity contribution in [2.45, 2.75) is 18.9 Å². The number of nitrogens with zero attached hydrogens (tertiary/aromatic N) is 2. The van der Waals surface area contributed by atoms with E-state index in [1.54, 1.807) is 26.1 Å². The number of methoxy groups -OCH3 is 1. The van der Waals surface area contributed by atoms with Crippen LogP contribution in [0, 0.1) is 0 Å². The first-order chi connectivity index (χ1) is 9.60. The van der Waals surface area contributed by atoms with Crippen molar-refractivity contribution in [3.05, 3.63) is 24.3 Å². The number of carbonyl (C=O) groups excluding carboxylic acids is 1. The molecule has 5 heteroatoms. The Kier molecular flexibility index (Phi) is 4.71. The van der Waals surface area contributed by atoms with Crippen LogP contribution in [0.25, 0.3) is 0 Å². The molecule has 1 aromatic carbocycles. The lowest BCUT2D eigenvalue weighted by Crippen LogP contribution is -2.46. The van der Waals surface area contributed by atoms with Gasteiger partial charge in [-0.1, -0.05) is 0 Å². The molecular formula is C15H22N2O3. The zero-order valence-electron chi connectivity index (χ0n) is 12.3. The minimum atomic E-state index is 0.0768. The molecule has 2 amide bonds. The van der Waals surface area contributed by atoms with Crippen LogP contribution in [0.4, 0.5) is 4.79 Å². The molecule has 1 aliphatic heterocycles. The highest BCUT2D eigenvalue weighted by atomic mass is 16.5. The summed E-state index contributed by atoms with van der Waals surface area (Å²) in [5.41, 5.74) is 0. The van der Waals surface area contributed by atoms with Gasteiger partial charge in [0.2, 0.25) is 0 Å². The maximum atomic E-state index is 11.8. The third-order valence-corrected chi connectivity index (χ3v) is 3.46. The number of amides is 2. The maximum absolute atomic E-state index is 11.8. The molecule has 1 saturated heterocycles. The van der Waals surface area contributed by atoms with Crippen LogP contribution in [0.5, 0.6) is 11.5 Å². The Hall–Kier alpha value is -1.91. The lowest BCUT2D eigenvalue weighted by atomic mass is 10.1. The highest BCUT2D eigenvalue weighted by molar-refractivity contribution is 5.73. The number of rotatable bonds is 3. The highest BCUT2D eigenvalue weighted by Crippen LogP contribution is 2.22. The molecule has 1 aliphatic rings. The molecule has 0 bridgehead atoms. The van der Waals surface area contributed by atoms with Gasteiger partial charge in [0, 0.05) is 40.0 Å². The minimum absolute atomic E-state index is 0.0768. The Balaban J connectivity index is 1.83. The van der Waals surface area contributed by atoms with E-state index in [0.29, 0.717) is 0 Å². The van der Waals surface area contributed by atoms with Crippen LogP contribution in [-0.4, -0.2) is 56.2 Å². The van der Waals surface area contributed by atoms with Gasteiger partial charge in [0.1, 0.15) is 17.6 Å². The van der Waals surface area contributed by atoms with Crippen molar-refractivity contribution in [3.63, 3.8) is 0 Å². The largest absolute Gasteiger partial charge is 0.497 e. The van der Waals surface area contributed by atoms with Gasteiger partial charge < -0.3 is 19.3 Å². The molecule has 0 saturated carbocycles. The molecule has 1 fully saturated rings. The first-order valence-corrected chi connectivity index (χ1v) is 6.87. The summed E-state index contributed by atoms with van der Waals surface area (Å²) in [6.07, 6.45) is 1.91. The molecule has 0 aromatic heterocycles. The van der Waals surface area contributed by atoms with E-state index in [1.807, 2.05) is 29.2 Å². The fourth-order valence-corrected chi connectivity index (χ4v) is 2.29. The molecule has 0 unspecified atom stereocenters. The molecule has 1 aromatic rings. The monoisotopic (exact) mass is 278 g/mol. The second-order valence-electron chi connectivity index (χ2n) is 5.16. The van der Waals surface area contributed by atoms with E-state index in [4.69, 9.17) is 9.47 Å². The molecule has 0 N–H and O–H groups in total. The third kappa shape index (κ3) is 3.56. The van der Waals surface area contributed by atoms with E-state index < -0.39 is 0 Å². The Morgan fingerprint density at radius 1 is 1.15 bits per heavy atom. The topological polar surface area (TPSA) is 42.0 Å². The lowest BCUT2D eigenvalue weighted by Gasteiger charge is -2.33. The molecule has 5 nitrogen and oxygen atoms in total. The summed E-state index contributed by atoms with van der Waals surface area (Å²) in [6, 6.07) is 7.68. The molecule has 20 heavy (non-hydrogen) atoms. The van der Waals surface area contributed by atoms with Gasteiger partial charge in [0.25, 0.3) is 0 Å². The maximum Gasteiger partial charge on any atom is 0.319 e. The smallest absolute Gasteiger partial charge is 0.319 e. The van der Waals surface area contributed by atoms with E-state index in [2.05, 4.69) is 0 Å². The first kappa shape index (κ1) is 14.5. The van der Waals surface area contributed by atoms with Crippen LogP contribution in [0.1, 0.15) is 12.8 Å². The van der Waals surface area contributed by atoms with Crippen LogP contribution >= 0.6 is 0 Å². The molecule has 0 radical (unpaired) electrons. The van der Waals surface area contributed by atoms with E-state index in [-0.39, 0.29) is 12.1 Å². The van der Waals surface area contributed by atoms with Crippen LogP contribution in [0.3, 0.4) is 0 Å². The number of likely N-dealkylation sites (tertiary alicyclic amines) is 1. The summed E-state index contributed by atoms with van der Waals surface area (Å²) in [5.74, 6) is 1.67. The van der Waals surface area contributed by atoms with Crippen molar-refractivity contribution in [1.82, 2.24) is 9.80 Å². The van der Waals surface area contributed by atoms with Crippen molar-refractivity contribution >= 4 is 6.03 Å². The van der Waals surface area contributed by atoms with Crippen LogP contribution in [-0.2, 0) is 0 Å². The van der Waals surface area contributed by atoms with Gasteiger partial charge in [0.15, 0.2) is 0 Å². The molecule has 0 atom stereocenters. The molecule has 110 valence electrons. The number of carbonyl (C=O) groups is 1. The zero-order chi connectivity index (χ0) is 14.5. The molecule has 1 heterocycles. The van der Waals surface area contributed by atoms with Gasteiger partial charge in [-0.2, -0.15) is 0 Å². The summed E-state index contributed by atoms with van der Waals surface area (Å²) in [7, 11) is 5.21. The van der Waals surface area contributed by atoms with Crippen LogP contribution in [0.2, 0.25) is 0 Å². The number of hydrogen-bond donors (Lipinski definition) is 0. The molecule has 0 spiro atoms. The number of urea groups is 1. The highest BCUT2D eigenvalue weighted by Gasteiger charge is 2.24. The second-order valence-corrected chi connectivity index (χ2v) is 5.16. The summed E-state index contributed by atoms with van der Waals surface area (Å²) in [4.78, 5) is 15.3. The van der Waals surface area contributed by atoms with Crippen LogP contribution < -0.4 is 9.47 Å². The SMILES string of the molecule is COc1ccc(OC2CCN(C(=O)N(C)C)CC2)cc1. The number of ether oxygens (including phenoxy) is 2.